The van der Waals surface area contributed by atoms with Crippen LogP contribution in [0.5, 0.6) is 0 Å². The predicted molar refractivity (Wildman–Crippen MR) is 131 cm³/mol. The molecule has 2 aliphatic carbocycles. The van der Waals surface area contributed by atoms with Gasteiger partial charge in [0, 0.05) is 37.9 Å². The minimum Gasteiger partial charge on any atom is -0.362 e. The van der Waals surface area contributed by atoms with Gasteiger partial charge in [-0.2, -0.15) is 10.2 Å². The highest BCUT2D eigenvalue weighted by Gasteiger charge is 2.24. The molecule has 1 aromatic heterocycles. The van der Waals surface area contributed by atoms with Gasteiger partial charge in [0.25, 0.3) is 0 Å². The molecule has 0 bridgehead atoms. The molecule has 1 saturated carbocycles. The van der Waals surface area contributed by atoms with Crippen LogP contribution < -0.4 is 20.9 Å². The van der Waals surface area contributed by atoms with E-state index in [0.29, 0.717) is 29.8 Å². The van der Waals surface area contributed by atoms with E-state index in [0.717, 1.165) is 50.3 Å². The molecule has 2 aliphatic rings. The van der Waals surface area contributed by atoms with Crippen LogP contribution >= 0.6 is 0 Å². The largest absolute Gasteiger partial charge is 0.362 e. The number of fused-ring (bicyclic) bond motifs is 1. The summed E-state index contributed by atoms with van der Waals surface area (Å²) in [5.74, 6) is 2.27. The molecule has 0 saturated heterocycles. The highest BCUT2D eigenvalue weighted by Crippen LogP contribution is 2.30. The van der Waals surface area contributed by atoms with E-state index in [2.05, 4.69) is 41.0 Å². The maximum atomic E-state index is 12.2. The zero-order chi connectivity index (χ0) is 23.2. The molecule has 174 valence electrons. The Hall–Kier alpha value is -3.34. The van der Waals surface area contributed by atoms with Crippen LogP contribution in [-0.4, -0.2) is 42.7 Å². The Morgan fingerprint density at radius 2 is 1.82 bits per heavy atom. The highest BCUT2D eigenvalue weighted by molar-refractivity contribution is 5.89. The number of carbonyl (C=O) groups excluding carboxylic acids is 1. The smallest absolute Gasteiger partial charge is 0.319 e. The van der Waals surface area contributed by atoms with E-state index in [1.807, 2.05) is 0 Å². The third-order valence-electron chi connectivity index (χ3n) is 6.59. The van der Waals surface area contributed by atoms with E-state index in [9.17, 15) is 4.79 Å². The molecule has 8 heteroatoms. The van der Waals surface area contributed by atoms with Crippen molar-refractivity contribution in [3.05, 3.63) is 41.1 Å². The Morgan fingerprint density at radius 1 is 1.09 bits per heavy atom. The number of nitrogens with one attached hydrogen (secondary N) is 3. The minimum atomic E-state index is -0.210. The van der Waals surface area contributed by atoms with Crippen molar-refractivity contribution in [2.24, 2.45) is 5.92 Å². The van der Waals surface area contributed by atoms with Crippen LogP contribution in [0.3, 0.4) is 0 Å². The van der Waals surface area contributed by atoms with Crippen molar-refractivity contribution in [3.63, 3.8) is 0 Å². The molecule has 8 nitrogen and oxygen atoms in total. The van der Waals surface area contributed by atoms with Gasteiger partial charge in [-0.15, -0.1) is 0 Å². The summed E-state index contributed by atoms with van der Waals surface area (Å²) in [4.78, 5) is 24.0. The number of nitriles is 1. The normalized spacial score (nSPS) is 19.7. The molecule has 0 unspecified atom stereocenters. The molecular weight excluding hydrogens is 414 g/mol. The van der Waals surface area contributed by atoms with Gasteiger partial charge in [-0.25, -0.2) is 9.78 Å². The van der Waals surface area contributed by atoms with Crippen LogP contribution in [0.2, 0.25) is 0 Å². The summed E-state index contributed by atoms with van der Waals surface area (Å²) >= 11 is 0. The van der Waals surface area contributed by atoms with Gasteiger partial charge in [-0.3, -0.25) is 0 Å². The number of benzene rings is 1. The number of nitrogens with zero attached hydrogens (tertiary/aromatic N) is 4. The van der Waals surface area contributed by atoms with Gasteiger partial charge in [-0.05, 0) is 81.5 Å². The number of hydrogen-bond acceptors (Lipinski definition) is 6. The summed E-state index contributed by atoms with van der Waals surface area (Å²) in [7, 11) is 4.10. The Morgan fingerprint density at radius 3 is 2.52 bits per heavy atom. The Labute approximate surface area is 195 Å². The van der Waals surface area contributed by atoms with Gasteiger partial charge in [0.1, 0.15) is 5.82 Å². The quantitative estimate of drug-likeness (QED) is 0.616. The topological polar surface area (TPSA) is 106 Å². The first-order chi connectivity index (χ1) is 16.0. The maximum absolute atomic E-state index is 12.2. The van der Waals surface area contributed by atoms with Gasteiger partial charge < -0.3 is 20.9 Å². The fourth-order valence-corrected chi connectivity index (χ4v) is 4.74. The summed E-state index contributed by atoms with van der Waals surface area (Å²) in [5.41, 5.74) is 3.77. The second kappa shape index (κ2) is 10.5. The second-order valence-electron chi connectivity index (χ2n) is 9.28. The number of aryl methyl sites for hydroxylation is 1. The average molecular weight is 448 g/mol. The summed E-state index contributed by atoms with van der Waals surface area (Å²) < 4.78 is 0. The van der Waals surface area contributed by atoms with Crippen molar-refractivity contribution in [2.75, 3.05) is 36.2 Å². The highest BCUT2D eigenvalue weighted by atomic mass is 16.2. The molecular formula is C25H33N7O. The first-order valence-corrected chi connectivity index (χ1v) is 11.9. The zero-order valence-electron chi connectivity index (χ0n) is 19.5. The fraction of sp³-hybridized carbons (Fsp3) is 0.520. The van der Waals surface area contributed by atoms with E-state index in [4.69, 9.17) is 15.2 Å². The molecule has 0 aliphatic heterocycles. The van der Waals surface area contributed by atoms with Crippen LogP contribution in [0, 0.1) is 17.2 Å². The first-order valence-electron chi connectivity index (χ1n) is 11.9. The van der Waals surface area contributed by atoms with E-state index in [1.165, 1.54) is 24.1 Å². The lowest BCUT2D eigenvalue weighted by molar-refractivity contribution is 0.246. The number of rotatable bonds is 6. The molecule has 1 fully saturated rings. The van der Waals surface area contributed by atoms with Crippen LogP contribution in [-0.2, 0) is 12.8 Å². The van der Waals surface area contributed by atoms with Crippen molar-refractivity contribution in [2.45, 2.75) is 57.4 Å². The number of hydrogen-bond donors (Lipinski definition) is 3. The molecule has 0 spiro atoms. The Kier molecular flexibility index (Phi) is 7.28. The second-order valence-corrected chi connectivity index (χ2v) is 9.28. The Bertz CT molecular complexity index is 1000. The third-order valence-corrected chi connectivity index (χ3v) is 6.59. The van der Waals surface area contributed by atoms with Crippen molar-refractivity contribution in [1.82, 2.24) is 15.3 Å². The number of aromatic nitrogens is 2. The predicted octanol–water partition coefficient (Wildman–Crippen LogP) is 4.09. The molecule has 1 aromatic carbocycles. The van der Waals surface area contributed by atoms with Crippen molar-refractivity contribution < 1.29 is 4.79 Å². The van der Waals surface area contributed by atoms with Gasteiger partial charge >= 0.3 is 6.03 Å². The molecule has 2 amide bonds. The Balaban J connectivity index is 1.24. The maximum Gasteiger partial charge on any atom is 0.319 e. The standard InChI is InChI=1S/C25H33N7O/c1-32(2)23-21-5-3-4-6-22(21)30-24(31-23)28-19-13-9-18(10-14-19)16-27-25(33)29-20-11-7-17(15-26)8-12-20/h7-8,11-12,18-19H,3-6,9-10,13-14,16H2,1-2H3,(H2,27,29,33)(H,28,30,31)/t18-,19+. The monoisotopic (exact) mass is 447 g/mol. The van der Waals surface area contributed by atoms with E-state index < -0.39 is 0 Å². The number of anilines is 3. The fourth-order valence-electron chi connectivity index (χ4n) is 4.74. The van der Waals surface area contributed by atoms with Gasteiger partial charge in [-0.1, -0.05) is 0 Å². The molecule has 3 N–H and O–H groups in total. The lowest BCUT2D eigenvalue weighted by Crippen LogP contribution is -2.36. The lowest BCUT2D eigenvalue weighted by Gasteiger charge is -2.30. The summed E-state index contributed by atoms with van der Waals surface area (Å²) in [5, 5.41) is 18.2. The SMILES string of the molecule is CN(C)c1nc(N[C@H]2CC[C@@H](CNC(=O)Nc3ccc(C#N)cc3)CC2)nc2c1CCCC2. The third kappa shape index (κ3) is 5.92. The van der Waals surface area contributed by atoms with E-state index in [1.54, 1.807) is 24.3 Å². The lowest BCUT2D eigenvalue weighted by atomic mass is 9.86. The zero-order valence-corrected chi connectivity index (χ0v) is 19.5. The van der Waals surface area contributed by atoms with E-state index >= 15 is 0 Å². The first kappa shape index (κ1) is 22.8. The molecule has 33 heavy (non-hydrogen) atoms. The summed E-state index contributed by atoms with van der Waals surface area (Å²) in [6, 6.07) is 9.08. The number of amides is 2. The minimum absolute atomic E-state index is 0.210. The van der Waals surface area contributed by atoms with Crippen molar-refractivity contribution in [3.8, 4) is 6.07 Å². The average Bonchev–Trinajstić information content (AvgIpc) is 2.83. The van der Waals surface area contributed by atoms with Crippen LogP contribution in [0.25, 0.3) is 0 Å². The van der Waals surface area contributed by atoms with Gasteiger partial charge in [0.05, 0.1) is 17.3 Å². The molecule has 2 aromatic rings. The molecule has 0 atom stereocenters. The van der Waals surface area contributed by atoms with Crippen LogP contribution in [0.15, 0.2) is 24.3 Å². The summed E-state index contributed by atoms with van der Waals surface area (Å²) in [6.45, 7) is 0.662. The number of urea groups is 1. The van der Waals surface area contributed by atoms with Crippen molar-refractivity contribution in [1.29, 1.82) is 5.26 Å². The van der Waals surface area contributed by atoms with Crippen LogP contribution in [0.1, 0.15) is 55.3 Å². The van der Waals surface area contributed by atoms with Gasteiger partial charge in [0.15, 0.2) is 0 Å². The summed E-state index contributed by atoms with van der Waals surface area (Å²) in [6.07, 6.45) is 8.72. The molecule has 4 rings (SSSR count). The van der Waals surface area contributed by atoms with Gasteiger partial charge in [0.2, 0.25) is 5.95 Å². The molecule has 0 radical (unpaired) electrons. The van der Waals surface area contributed by atoms with Crippen LogP contribution in [0.4, 0.5) is 22.2 Å². The molecule has 1 heterocycles. The van der Waals surface area contributed by atoms with Crippen molar-refractivity contribution >= 4 is 23.5 Å². The number of carbonyl (C=O) groups is 1. The van der Waals surface area contributed by atoms with E-state index in [-0.39, 0.29) is 6.03 Å².